The second-order valence-corrected chi connectivity index (χ2v) is 10.4. The molecule has 2 N–H and O–H groups in total. The van der Waals surface area contributed by atoms with Gasteiger partial charge in [0.05, 0.1) is 10.6 Å². The molecule has 0 unspecified atom stereocenters. The van der Waals surface area contributed by atoms with Gasteiger partial charge in [-0.1, -0.05) is 70.0 Å². The number of benzene rings is 4. The zero-order valence-electron chi connectivity index (χ0n) is 18.7. The van der Waals surface area contributed by atoms with Crippen molar-refractivity contribution in [3.8, 4) is 0 Å². The van der Waals surface area contributed by atoms with Gasteiger partial charge in [0, 0.05) is 26.9 Å². The molecule has 0 heterocycles. The maximum Gasteiger partial charge on any atom is 0.261 e. The number of nitrogens with one attached hydrogen (secondary N) is 2. The quantitative estimate of drug-likeness (QED) is 0.275. The van der Waals surface area contributed by atoms with E-state index in [1.54, 1.807) is 72.8 Å². The van der Waals surface area contributed by atoms with Crippen LogP contribution in [0.5, 0.6) is 0 Å². The number of carbonyl (C=O) groups excluding carboxylic acids is 2. The van der Waals surface area contributed by atoms with E-state index < -0.39 is 15.9 Å². The molecule has 0 saturated heterocycles. The maximum atomic E-state index is 13.1. The Hall–Kier alpha value is -3.75. The van der Waals surface area contributed by atoms with Crippen LogP contribution in [-0.2, 0) is 10.0 Å². The SMILES string of the molecule is Cc1ccc(S(=O)(=O)Nc2cccc(C(=O)Nc3ccc(Br)cc3C(=O)c3ccccc3)c2)cc1. The Bertz CT molecular complexity index is 1500. The van der Waals surface area contributed by atoms with E-state index in [0.717, 1.165) is 5.56 Å². The summed E-state index contributed by atoms with van der Waals surface area (Å²) in [7, 11) is -3.82. The summed E-state index contributed by atoms with van der Waals surface area (Å²) in [5.74, 6) is -0.715. The van der Waals surface area contributed by atoms with Gasteiger partial charge in [0.15, 0.2) is 5.78 Å². The van der Waals surface area contributed by atoms with Crippen LogP contribution in [0.2, 0.25) is 0 Å². The van der Waals surface area contributed by atoms with E-state index in [9.17, 15) is 18.0 Å². The Balaban J connectivity index is 1.57. The highest BCUT2D eigenvalue weighted by molar-refractivity contribution is 9.10. The van der Waals surface area contributed by atoms with Gasteiger partial charge in [0.1, 0.15) is 0 Å². The lowest BCUT2D eigenvalue weighted by Crippen LogP contribution is -2.16. The van der Waals surface area contributed by atoms with Gasteiger partial charge in [-0.15, -0.1) is 0 Å². The van der Waals surface area contributed by atoms with Gasteiger partial charge in [-0.25, -0.2) is 8.42 Å². The molecule has 4 rings (SSSR count). The number of amides is 1. The Morgan fingerprint density at radius 3 is 2.17 bits per heavy atom. The first-order valence-electron chi connectivity index (χ1n) is 10.6. The summed E-state index contributed by atoms with van der Waals surface area (Å²) >= 11 is 3.38. The van der Waals surface area contributed by atoms with Gasteiger partial charge < -0.3 is 5.32 Å². The van der Waals surface area contributed by atoms with E-state index in [0.29, 0.717) is 21.3 Å². The molecule has 0 aromatic heterocycles. The van der Waals surface area contributed by atoms with E-state index in [1.807, 2.05) is 13.0 Å². The molecule has 0 aliphatic heterocycles. The van der Waals surface area contributed by atoms with Crippen molar-refractivity contribution in [2.75, 3.05) is 10.0 Å². The topological polar surface area (TPSA) is 92.3 Å². The summed E-state index contributed by atoms with van der Waals surface area (Å²) in [6.07, 6.45) is 0. The molecule has 35 heavy (non-hydrogen) atoms. The van der Waals surface area contributed by atoms with E-state index in [4.69, 9.17) is 0 Å². The summed E-state index contributed by atoms with van der Waals surface area (Å²) in [6, 6.07) is 26.4. The molecule has 8 heteroatoms. The Kier molecular flexibility index (Phi) is 7.14. The average molecular weight is 549 g/mol. The van der Waals surface area contributed by atoms with Crippen LogP contribution < -0.4 is 10.0 Å². The molecular formula is C27H21BrN2O4S. The van der Waals surface area contributed by atoms with Gasteiger partial charge in [0.2, 0.25) is 0 Å². The minimum Gasteiger partial charge on any atom is -0.321 e. The Labute approximate surface area is 212 Å². The predicted octanol–water partition coefficient (Wildman–Crippen LogP) is 6.04. The molecule has 176 valence electrons. The second kappa shape index (κ2) is 10.2. The summed E-state index contributed by atoms with van der Waals surface area (Å²) < 4.78 is 28.6. The summed E-state index contributed by atoms with van der Waals surface area (Å²) in [4.78, 5) is 26.2. The monoisotopic (exact) mass is 548 g/mol. The van der Waals surface area contributed by atoms with Crippen molar-refractivity contribution in [1.82, 2.24) is 0 Å². The van der Waals surface area contributed by atoms with Crippen molar-refractivity contribution < 1.29 is 18.0 Å². The first-order valence-corrected chi connectivity index (χ1v) is 12.9. The van der Waals surface area contributed by atoms with E-state index in [1.165, 1.54) is 18.2 Å². The standard InChI is InChI=1S/C27H21BrN2O4S/c1-18-10-13-23(14-11-18)35(33,34)30-22-9-5-8-20(16-22)27(32)29-25-15-12-21(28)17-24(25)26(31)19-6-3-2-4-7-19/h2-17,30H,1H3,(H,29,32). The zero-order chi connectivity index (χ0) is 25.0. The number of rotatable bonds is 7. The number of hydrogen-bond acceptors (Lipinski definition) is 4. The molecular weight excluding hydrogens is 528 g/mol. The number of carbonyl (C=O) groups is 2. The third-order valence-corrected chi connectivity index (χ3v) is 7.11. The van der Waals surface area contributed by atoms with Gasteiger partial charge in [0.25, 0.3) is 15.9 Å². The van der Waals surface area contributed by atoms with Crippen LogP contribution in [0.15, 0.2) is 106 Å². The van der Waals surface area contributed by atoms with Crippen molar-refractivity contribution in [3.05, 3.63) is 124 Å². The van der Waals surface area contributed by atoms with E-state index in [2.05, 4.69) is 26.0 Å². The molecule has 0 spiro atoms. The highest BCUT2D eigenvalue weighted by Gasteiger charge is 2.18. The Morgan fingerprint density at radius 1 is 0.771 bits per heavy atom. The lowest BCUT2D eigenvalue weighted by atomic mass is 10.0. The molecule has 1 amide bonds. The number of anilines is 2. The highest BCUT2D eigenvalue weighted by atomic mass is 79.9. The van der Waals surface area contributed by atoms with Crippen LogP contribution in [0.25, 0.3) is 0 Å². The predicted molar refractivity (Wildman–Crippen MR) is 140 cm³/mol. The summed E-state index contributed by atoms with van der Waals surface area (Å²) in [6.45, 7) is 1.87. The molecule has 0 aliphatic carbocycles. The highest BCUT2D eigenvalue weighted by Crippen LogP contribution is 2.25. The van der Waals surface area contributed by atoms with E-state index >= 15 is 0 Å². The first kappa shape index (κ1) is 24.4. The third-order valence-electron chi connectivity index (χ3n) is 5.22. The fourth-order valence-electron chi connectivity index (χ4n) is 3.41. The number of hydrogen-bond donors (Lipinski definition) is 2. The zero-order valence-corrected chi connectivity index (χ0v) is 21.1. The van der Waals surface area contributed by atoms with Crippen LogP contribution in [0.3, 0.4) is 0 Å². The number of ketones is 1. The minimum atomic E-state index is -3.82. The molecule has 0 fully saturated rings. The first-order chi connectivity index (χ1) is 16.7. The Morgan fingerprint density at radius 2 is 1.46 bits per heavy atom. The fraction of sp³-hybridized carbons (Fsp3) is 0.0370. The molecule has 0 saturated carbocycles. The average Bonchev–Trinajstić information content (AvgIpc) is 2.85. The molecule has 0 radical (unpaired) electrons. The second-order valence-electron chi connectivity index (χ2n) is 7.84. The minimum absolute atomic E-state index is 0.122. The number of halogens is 1. The smallest absolute Gasteiger partial charge is 0.261 e. The van der Waals surface area contributed by atoms with Crippen molar-refractivity contribution in [2.45, 2.75) is 11.8 Å². The fourth-order valence-corrected chi connectivity index (χ4v) is 4.82. The van der Waals surface area contributed by atoms with Crippen LogP contribution in [0.4, 0.5) is 11.4 Å². The van der Waals surface area contributed by atoms with Crippen molar-refractivity contribution >= 4 is 49.0 Å². The van der Waals surface area contributed by atoms with Crippen molar-refractivity contribution in [3.63, 3.8) is 0 Å². The normalized spacial score (nSPS) is 11.0. The van der Waals surface area contributed by atoms with Gasteiger partial charge in [-0.05, 0) is 55.5 Å². The van der Waals surface area contributed by atoms with Crippen LogP contribution in [-0.4, -0.2) is 20.1 Å². The molecule has 4 aromatic rings. The number of sulfonamides is 1. The molecule has 0 bridgehead atoms. The van der Waals surface area contributed by atoms with Crippen molar-refractivity contribution in [2.24, 2.45) is 0 Å². The molecule has 6 nitrogen and oxygen atoms in total. The van der Waals surface area contributed by atoms with Crippen LogP contribution in [0.1, 0.15) is 31.8 Å². The third kappa shape index (κ3) is 5.85. The van der Waals surface area contributed by atoms with Crippen LogP contribution in [0, 0.1) is 6.92 Å². The van der Waals surface area contributed by atoms with Gasteiger partial charge in [-0.3, -0.25) is 14.3 Å². The van der Waals surface area contributed by atoms with Gasteiger partial charge >= 0.3 is 0 Å². The lowest BCUT2D eigenvalue weighted by Gasteiger charge is -2.13. The van der Waals surface area contributed by atoms with Gasteiger partial charge in [-0.2, -0.15) is 0 Å². The largest absolute Gasteiger partial charge is 0.321 e. The number of aryl methyl sites for hydroxylation is 1. The maximum absolute atomic E-state index is 13.1. The molecule has 4 aromatic carbocycles. The molecule has 0 aliphatic rings. The van der Waals surface area contributed by atoms with E-state index in [-0.39, 0.29) is 21.9 Å². The van der Waals surface area contributed by atoms with Crippen molar-refractivity contribution in [1.29, 1.82) is 0 Å². The summed E-state index contributed by atoms with van der Waals surface area (Å²) in [5.41, 5.74) is 2.59. The summed E-state index contributed by atoms with van der Waals surface area (Å²) in [5, 5.41) is 2.77. The molecule has 0 atom stereocenters. The van der Waals surface area contributed by atoms with Crippen LogP contribution >= 0.6 is 15.9 Å². The lowest BCUT2D eigenvalue weighted by molar-refractivity contribution is 0.102.